The molecule has 32 heavy (non-hydrogen) atoms. The molecule has 1 aliphatic rings. The van der Waals surface area contributed by atoms with E-state index in [2.05, 4.69) is 6.07 Å². The van der Waals surface area contributed by atoms with Crippen LogP contribution < -0.4 is 0 Å². The molecule has 0 heterocycles. The zero-order chi connectivity index (χ0) is 23.6. The number of hydrogen-bond donors (Lipinski definition) is 0. The Kier molecular flexibility index (Phi) is 6.61. The fraction of sp³-hybridized carbons (Fsp3) is 0.385. The van der Waals surface area contributed by atoms with Gasteiger partial charge in [-0.15, -0.1) is 0 Å². The Labute approximate surface area is 190 Å². The molecule has 3 rings (SSSR count). The summed E-state index contributed by atoms with van der Waals surface area (Å²) in [6.45, 7) is 6.56. The molecule has 2 aromatic rings. The number of nitriles is 1. The highest BCUT2D eigenvalue weighted by atomic mass is 32.2. The third kappa shape index (κ3) is 3.98. The second kappa shape index (κ2) is 8.91. The van der Waals surface area contributed by atoms with E-state index in [4.69, 9.17) is 4.74 Å². The number of rotatable bonds is 6. The maximum absolute atomic E-state index is 13.4. The van der Waals surface area contributed by atoms with E-state index in [0.717, 1.165) is 11.1 Å². The molecule has 1 aliphatic carbocycles. The summed E-state index contributed by atoms with van der Waals surface area (Å²) in [5.74, 6) is -1.34. The van der Waals surface area contributed by atoms with Crippen molar-refractivity contribution in [3.63, 3.8) is 0 Å². The van der Waals surface area contributed by atoms with Crippen LogP contribution in [0.1, 0.15) is 57.8 Å². The van der Waals surface area contributed by atoms with Gasteiger partial charge >= 0.3 is 5.97 Å². The normalized spacial score (nSPS) is 21.1. The highest BCUT2D eigenvalue weighted by Gasteiger charge is 2.59. The Morgan fingerprint density at radius 1 is 1.09 bits per heavy atom. The first-order chi connectivity index (χ1) is 15.1. The van der Waals surface area contributed by atoms with Gasteiger partial charge in [0.2, 0.25) is 0 Å². The first-order valence-electron chi connectivity index (χ1n) is 10.8. The highest BCUT2D eigenvalue weighted by Crippen LogP contribution is 2.47. The van der Waals surface area contributed by atoms with Crippen LogP contribution in [0.2, 0.25) is 0 Å². The smallest absolute Gasteiger partial charge is 0.335 e. The molecule has 168 valence electrons. The molecule has 0 spiro atoms. The fourth-order valence-corrected chi connectivity index (χ4v) is 6.54. The van der Waals surface area contributed by atoms with Crippen molar-refractivity contribution in [1.82, 2.24) is 0 Å². The van der Waals surface area contributed by atoms with E-state index in [1.807, 2.05) is 60.7 Å². The summed E-state index contributed by atoms with van der Waals surface area (Å²) >= 11 is 0. The van der Waals surface area contributed by atoms with Crippen molar-refractivity contribution in [3.8, 4) is 6.07 Å². The van der Waals surface area contributed by atoms with Gasteiger partial charge in [-0.3, -0.25) is 0 Å². The molecule has 0 saturated heterocycles. The van der Waals surface area contributed by atoms with Gasteiger partial charge in [0, 0.05) is 11.5 Å². The van der Waals surface area contributed by atoms with Crippen LogP contribution in [-0.4, -0.2) is 23.9 Å². The zero-order valence-electron chi connectivity index (χ0n) is 18.9. The van der Waals surface area contributed by atoms with Gasteiger partial charge in [0.1, 0.15) is 0 Å². The third-order valence-electron chi connectivity index (χ3n) is 6.11. The lowest BCUT2D eigenvalue weighted by molar-refractivity contribution is -0.143. The maximum atomic E-state index is 13.4. The Morgan fingerprint density at radius 3 is 2.00 bits per heavy atom. The summed E-state index contributed by atoms with van der Waals surface area (Å²) < 4.78 is 30.0. The quantitative estimate of drug-likeness (QED) is 0.567. The fourth-order valence-electron chi connectivity index (χ4n) is 4.36. The monoisotopic (exact) mass is 451 g/mol. The molecule has 0 fully saturated rings. The second-order valence-electron chi connectivity index (χ2n) is 9.05. The van der Waals surface area contributed by atoms with Gasteiger partial charge in [0.05, 0.1) is 10.8 Å². The summed E-state index contributed by atoms with van der Waals surface area (Å²) in [4.78, 5) is 13.4. The topological polar surface area (TPSA) is 84.2 Å². The highest BCUT2D eigenvalue weighted by molar-refractivity contribution is 7.94. The predicted octanol–water partition coefficient (Wildman–Crippen LogP) is 5.15. The lowest BCUT2D eigenvalue weighted by Crippen LogP contribution is -2.50. The largest absolute Gasteiger partial charge is 0.449 e. The number of ether oxygens (including phenoxy) is 1. The minimum absolute atomic E-state index is 0.0205. The van der Waals surface area contributed by atoms with E-state index in [0.29, 0.717) is 6.42 Å². The van der Waals surface area contributed by atoms with Crippen LogP contribution in [0.25, 0.3) is 0 Å². The Balaban J connectivity index is 1.97. The standard InChI is InChI=1S/C26H29NO4S/c1-5-22-21(16-17-26(22,18-27)32(29,30)25(2,3)4)24(28)31-23(19-12-8-6-9-13-19)20-14-10-7-11-15-20/h6-16,22-23H,5,17H2,1-4H3/t22-,26+/m0/s1. The van der Waals surface area contributed by atoms with Gasteiger partial charge in [0.15, 0.2) is 20.7 Å². The SMILES string of the molecule is CC[C@H]1C(C(=O)OC(c2ccccc2)c2ccccc2)=CC[C@]1(C#N)S(=O)(=O)C(C)(C)C. The number of allylic oxidation sites excluding steroid dienone is 1. The van der Waals surface area contributed by atoms with Crippen molar-refractivity contribution in [2.75, 3.05) is 0 Å². The van der Waals surface area contributed by atoms with E-state index >= 15 is 0 Å². The molecule has 0 amide bonds. The van der Waals surface area contributed by atoms with Crippen molar-refractivity contribution >= 4 is 15.8 Å². The zero-order valence-corrected chi connectivity index (χ0v) is 19.7. The number of hydrogen-bond acceptors (Lipinski definition) is 5. The minimum atomic E-state index is -3.87. The van der Waals surface area contributed by atoms with E-state index in [1.54, 1.807) is 33.8 Å². The summed E-state index contributed by atoms with van der Waals surface area (Å²) in [7, 11) is -3.87. The van der Waals surface area contributed by atoms with Gasteiger partial charge in [-0.1, -0.05) is 73.7 Å². The summed E-state index contributed by atoms with van der Waals surface area (Å²) in [5.41, 5.74) is 1.89. The molecule has 5 nitrogen and oxygen atoms in total. The average Bonchev–Trinajstić information content (AvgIpc) is 3.18. The number of carbonyl (C=O) groups is 1. The molecule has 0 aromatic heterocycles. The summed E-state index contributed by atoms with van der Waals surface area (Å²) in [6.07, 6.45) is 1.26. The van der Waals surface area contributed by atoms with Crippen LogP contribution in [0.3, 0.4) is 0 Å². The average molecular weight is 452 g/mol. The molecule has 0 radical (unpaired) electrons. The van der Waals surface area contributed by atoms with Crippen molar-refractivity contribution in [2.24, 2.45) is 5.92 Å². The van der Waals surface area contributed by atoms with E-state index in [9.17, 15) is 18.5 Å². The lowest BCUT2D eigenvalue weighted by Gasteiger charge is -2.35. The van der Waals surface area contributed by atoms with Crippen molar-refractivity contribution in [1.29, 1.82) is 5.26 Å². The van der Waals surface area contributed by atoms with Crippen LogP contribution in [0.5, 0.6) is 0 Å². The first-order valence-corrected chi connectivity index (χ1v) is 12.2. The molecule has 0 N–H and O–H groups in total. The molecule has 2 atom stereocenters. The van der Waals surface area contributed by atoms with Crippen LogP contribution in [0.4, 0.5) is 0 Å². The van der Waals surface area contributed by atoms with E-state index in [-0.39, 0.29) is 12.0 Å². The number of carbonyl (C=O) groups excluding carboxylic acids is 1. The molecule has 0 aliphatic heterocycles. The third-order valence-corrected chi connectivity index (χ3v) is 9.23. The molecule has 6 heteroatoms. The van der Waals surface area contributed by atoms with Gasteiger partial charge in [-0.25, -0.2) is 13.2 Å². The molecule has 2 aromatic carbocycles. The summed E-state index contributed by atoms with van der Waals surface area (Å²) in [6, 6.07) is 20.9. The maximum Gasteiger partial charge on any atom is 0.335 e. The van der Waals surface area contributed by atoms with Crippen LogP contribution in [-0.2, 0) is 19.4 Å². The van der Waals surface area contributed by atoms with Crippen LogP contribution >= 0.6 is 0 Å². The summed E-state index contributed by atoms with van der Waals surface area (Å²) in [5, 5.41) is 10.0. The second-order valence-corrected chi connectivity index (χ2v) is 12.0. The number of esters is 1. The van der Waals surface area contributed by atoms with Gasteiger partial charge in [-0.05, 0) is 44.7 Å². The predicted molar refractivity (Wildman–Crippen MR) is 124 cm³/mol. The van der Waals surface area contributed by atoms with Crippen LogP contribution in [0.15, 0.2) is 72.3 Å². The minimum Gasteiger partial charge on any atom is -0.449 e. The van der Waals surface area contributed by atoms with Gasteiger partial charge in [-0.2, -0.15) is 5.26 Å². The van der Waals surface area contributed by atoms with E-state index in [1.165, 1.54) is 0 Å². The van der Waals surface area contributed by atoms with Crippen molar-refractivity contribution < 1.29 is 17.9 Å². The lowest BCUT2D eigenvalue weighted by atomic mass is 9.88. The number of sulfone groups is 1. The molecular formula is C26H29NO4S. The van der Waals surface area contributed by atoms with Crippen LogP contribution in [0, 0.1) is 17.2 Å². The Morgan fingerprint density at radius 2 is 1.59 bits per heavy atom. The Bertz CT molecular complexity index is 1100. The molecular weight excluding hydrogens is 422 g/mol. The molecule has 0 unspecified atom stereocenters. The number of benzene rings is 2. The van der Waals surface area contributed by atoms with Crippen molar-refractivity contribution in [3.05, 3.63) is 83.4 Å². The van der Waals surface area contributed by atoms with E-state index < -0.39 is 37.3 Å². The number of nitrogens with zero attached hydrogens (tertiary/aromatic N) is 1. The Hall–Kier alpha value is -2.91. The first kappa shape index (κ1) is 23.7. The van der Waals surface area contributed by atoms with Gasteiger partial charge < -0.3 is 4.74 Å². The molecule has 0 saturated carbocycles. The van der Waals surface area contributed by atoms with Gasteiger partial charge in [0.25, 0.3) is 0 Å². The van der Waals surface area contributed by atoms with Crippen molar-refractivity contribution in [2.45, 2.75) is 56.1 Å². The molecule has 0 bridgehead atoms.